The number of nitriles is 1. The molecule has 0 aliphatic carbocycles. The van der Waals surface area contributed by atoms with E-state index in [0.29, 0.717) is 32.4 Å². The van der Waals surface area contributed by atoms with E-state index in [2.05, 4.69) is 42.6 Å². The Kier molecular flexibility index (Phi) is 4.20. The molecule has 1 aromatic heterocycles. The van der Waals surface area contributed by atoms with E-state index in [1.807, 2.05) is 0 Å². The number of anilines is 3. The van der Waals surface area contributed by atoms with Crippen LogP contribution in [0.1, 0.15) is 5.56 Å². The molecule has 0 spiro atoms. The summed E-state index contributed by atoms with van der Waals surface area (Å²) in [5.41, 5.74) is 1.08. The number of halogens is 2. The van der Waals surface area contributed by atoms with Crippen molar-refractivity contribution in [2.75, 3.05) is 17.7 Å². The maximum atomic E-state index is 9.07. The average Bonchev–Trinajstić information content (AvgIpc) is 2.41. The fraction of sp³-hybridized carbons (Fsp3) is 0.0833. The lowest BCUT2D eigenvalue weighted by atomic mass is 10.2. The van der Waals surface area contributed by atoms with Crippen molar-refractivity contribution in [3.8, 4) is 6.07 Å². The Hall–Kier alpha value is -1.84. The van der Waals surface area contributed by atoms with Crippen LogP contribution in [0.4, 0.5) is 17.3 Å². The first-order chi connectivity index (χ1) is 9.15. The van der Waals surface area contributed by atoms with Crippen LogP contribution < -0.4 is 10.6 Å². The fourth-order valence-corrected chi connectivity index (χ4v) is 2.15. The fourth-order valence-electron chi connectivity index (χ4n) is 1.48. The summed E-state index contributed by atoms with van der Waals surface area (Å²) in [5.74, 6) is 1.20. The van der Waals surface area contributed by atoms with Crippen molar-refractivity contribution in [2.24, 2.45) is 0 Å². The minimum absolute atomic E-state index is 0.487. The summed E-state index contributed by atoms with van der Waals surface area (Å²) < 4.78 is 0.682. The molecule has 2 rings (SSSR count). The van der Waals surface area contributed by atoms with Gasteiger partial charge in [0, 0.05) is 12.1 Å². The van der Waals surface area contributed by atoms with Gasteiger partial charge in [0.25, 0.3) is 0 Å². The van der Waals surface area contributed by atoms with Gasteiger partial charge in [-0.15, -0.1) is 0 Å². The molecule has 19 heavy (non-hydrogen) atoms. The minimum atomic E-state index is 0.487. The molecule has 96 valence electrons. The molecule has 0 aliphatic rings. The summed E-state index contributed by atoms with van der Waals surface area (Å²) in [6.45, 7) is 0. The number of nitrogens with zero attached hydrogens (tertiary/aromatic N) is 3. The lowest BCUT2D eigenvalue weighted by Gasteiger charge is -2.11. The molecule has 5 nitrogen and oxygen atoms in total. The summed E-state index contributed by atoms with van der Waals surface area (Å²) in [4.78, 5) is 8.18. The molecule has 0 bridgehead atoms. The molecule has 2 N–H and O–H groups in total. The molecule has 2 aromatic rings. The van der Waals surface area contributed by atoms with E-state index >= 15 is 0 Å². The quantitative estimate of drug-likeness (QED) is 0.895. The Balaban J connectivity index is 2.42. The standard InChI is InChI=1S/C12H9BrClN5/c1-16-11-10(13)12(18-6-17-11)19-9-4-8(14)3-2-7(9)5-15/h2-4,6H,1H3,(H2,16,17,18,19). The predicted octanol–water partition coefficient (Wildman–Crippen LogP) is 3.55. The molecule has 0 radical (unpaired) electrons. The molecule has 0 saturated carbocycles. The van der Waals surface area contributed by atoms with E-state index in [9.17, 15) is 0 Å². The van der Waals surface area contributed by atoms with Gasteiger partial charge in [-0.05, 0) is 34.1 Å². The molecule has 7 heteroatoms. The van der Waals surface area contributed by atoms with E-state index in [-0.39, 0.29) is 0 Å². The number of aromatic nitrogens is 2. The summed E-state index contributed by atoms with van der Waals surface area (Å²) in [6.07, 6.45) is 1.43. The third-order valence-corrected chi connectivity index (χ3v) is 3.37. The van der Waals surface area contributed by atoms with E-state index in [1.165, 1.54) is 6.33 Å². The highest BCUT2D eigenvalue weighted by atomic mass is 79.9. The molecule has 0 amide bonds. The highest BCUT2D eigenvalue weighted by molar-refractivity contribution is 9.10. The second-order valence-electron chi connectivity index (χ2n) is 3.56. The van der Waals surface area contributed by atoms with Gasteiger partial charge in [0.05, 0.1) is 11.3 Å². The van der Waals surface area contributed by atoms with E-state index in [0.717, 1.165) is 0 Å². The normalized spacial score (nSPS) is 9.79. The lowest BCUT2D eigenvalue weighted by Crippen LogP contribution is -2.01. The Morgan fingerprint density at radius 2 is 2.05 bits per heavy atom. The summed E-state index contributed by atoms with van der Waals surface area (Å²) in [7, 11) is 1.76. The van der Waals surface area contributed by atoms with Gasteiger partial charge in [-0.2, -0.15) is 5.26 Å². The van der Waals surface area contributed by atoms with Gasteiger partial charge >= 0.3 is 0 Å². The summed E-state index contributed by atoms with van der Waals surface area (Å²) >= 11 is 9.33. The van der Waals surface area contributed by atoms with Crippen LogP contribution in [0.2, 0.25) is 5.02 Å². The number of hydrogen-bond acceptors (Lipinski definition) is 5. The first-order valence-electron chi connectivity index (χ1n) is 5.30. The zero-order valence-corrected chi connectivity index (χ0v) is 12.2. The zero-order chi connectivity index (χ0) is 13.8. The highest BCUT2D eigenvalue weighted by Gasteiger charge is 2.10. The van der Waals surface area contributed by atoms with Crippen LogP contribution in [0.5, 0.6) is 0 Å². The first-order valence-corrected chi connectivity index (χ1v) is 6.47. The Morgan fingerprint density at radius 3 is 2.74 bits per heavy atom. The van der Waals surface area contributed by atoms with Crippen LogP contribution in [0.25, 0.3) is 0 Å². The minimum Gasteiger partial charge on any atom is -0.372 e. The van der Waals surface area contributed by atoms with Crippen molar-refractivity contribution >= 4 is 44.9 Å². The van der Waals surface area contributed by atoms with Gasteiger partial charge in [0.2, 0.25) is 0 Å². The maximum absolute atomic E-state index is 9.07. The van der Waals surface area contributed by atoms with Crippen LogP contribution in [-0.2, 0) is 0 Å². The Labute approximate surface area is 123 Å². The van der Waals surface area contributed by atoms with Gasteiger partial charge in [-0.1, -0.05) is 11.6 Å². The van der Waals surface area contributed by atoms with Crippen molar-refractivity contribution in [1.29, 1.82) is 5.26 Å². The van der Waals surface area contributed by atoms with Crippen LogP contribution in [0.3, 0.4) is 0 Å². The van der Waals surface area contributed by atoms with Gasteiger partial charge < -0.3 is 10.6 Å². The van der Waals surface area contributed by atoms with Gasteiger partial charge in [-0.3, -0.25) is 0 Å². The predicted molar refractivity (Wildman–Crippen MR) is 78.7 cm³/mol. The van der Waals surface area contributed by atoms with Crippen molar-refractivity contribution in [3.63, 3.8) is 0 Å². The third kappa shape index (κ3) is 2.95. The molecular formula is C12H9BrClN5. The number of benzene rings is 1. The SMILES string of the molecule is CNc1ncnc(Nc2cc(Cl)ccc2C#N)c1Br. The van der Waals surface area contributed by atoms with Crippen molar-refractivity contribution in [1.82, 2.24) is 9.97 Å². The smallest absolute Gasteiger partial charge is 0.150 e. The zero-order valence-electron chi connectivity index (χ0n) is 9.91. The lowest BCUT2D eigenvalue weighted by molar-refractivity contribution is 1.14. The molecule has 1 heterocycles. The van der Waals surface area contributed by atoms with E-state index in [4.69, 9.17) is 16.9 Å². The number of nitrogens with one attached hydrogen (secondary N) is 2. The first kappa shape index (κ1) is 13.6. The van der Waals surface area contributed by atoms with E-state index in [1.54, 1.807) is 25.2 Å². The highest BCUT2D eigenvalue weighted by Crippen LogP contribution is 2.30. The molecular weight excluding hydrogens is 330 g/mol. The van der Waals surface area contributed by atoms with Gasteiger partial charge in [0.15, 0.2) is 0 Å². The van der Waals surface area contributed by atoms with Crippen LogP contribution in [0, 0.1) is 11.3 Å². The van der Waals surface area contributed by atoms with Gasteiger partial charge in [-0.25, -0.2) is 9.97 Å². The summed E-state index contributed by atoms with van der Waals surface area (Å²) in [5, 5.41) is 15.6. The maximum Gasteiger partial charge on any atom is 0.150 e. The third-order valence-electron chi connectivity index (χ3n) is 2.38. The number of hydrogen-bond donors (Lipinski definition) is 2. The van der Waals surface area contributed by atoms with E-state index < -0.39 is 0 Å². The Morgan fingerprint density at radius 1 is 1.32 bits per heavy atom. The van der Waals surface area contributed by atoms with Crippen LogP contribution in [-0.4, -0.2) is 17.0 Å². The van der Waals surface area contributed by atoms with Crippen LogP contribution >= 0.6 is 27.5 Å². The second-order valence-corrected chi connectivity index (χ2v) is 4.79. The monoisotopic (exact) mass is 337 g/mol. The summed E-state index contributed by atoms with van der Waals surface area (Å²) in [6, 6.07) is 7.09. The molecule has 0 saturated heterocycles. The largest absolute Gasteiger partial charge is 0.372 e. The molecule has 0 fully saturated rings. The Bertz CT molecular complexity index is 653. The van der Waals surface area contributed by atoms with Gasteiger partial charge in [0.1, 0.15) is 28.5 Å². The van der Waals surface area contributed by atoms with Crippen molar-refractivity contribution in [3.05, 3.63) is 39.6 Å². The molecule has 0 aliphatic heterocycles. The molecule has 1 aromatic carbocycles. The molecule has 0 atom stereocenters. The second kappa shape index (κ2) is 5.87. The van der Waals surface area contributed by atoms with Crippen molar-refractivity contribution in [2.45, 2.75) is 0 Å². The average molecular weight is 339 g/mol. The number of rotatable bonds is 3. The van der Waals surface area contributed by atoms with Crippen molar-refractivity contribution < 1.29 is 0 Å². The molecule has 0 unspecified atom stereocenters. The topological polar surface area (TPSA) is 73.6 Å². The van der Waals surface area contributed by atoms with Crippen LogP contribution in [0.15, 0.2) is 29.0 Å².